The molecule has 0 heterocycles. The molecule has 5 rings (SSSR count). The van der Waals surface area contributed by atoms with Crippen molar-refractivity contribution < 1.29 is 10.0 Å². The first-order valence-electron chi connectivity index (χ1n) is 15.7. The van der Waals surface area contributed by atoms with Crippen LogP contribution in [0.1, 0.15) is 53.3 Å². The third-order valence-electron chi connectivity index (χ3n) is 7.62. The van der Waals surface area contributed by atoms with E-state index in [1.807, 2.05) is 86.6 Å². The molecule has 0 radical (unpaired) electrons. The minimum atomic E-state index is -0.863. The van der Waals surface area contributed by atoms with E-state index in [1.54, 1.807) is 6.07 Å². The maximum Gasteiger partial charge on any atom is 0.273 e. The van der Waals surface area contributed by atoms with Crippen LogP contribution in [0.25, 0.3) is 0 Å². The van der Waals surface area contributed by atoms with Gasteiger partial charge in [-0.1, -0.05) is 129 Å². The van der Waals surface area contributed by atoms with Crippen molar-refractivity contribution in [3.8, 4) is 0 Å². The van der Waals surface area contributed by atoms with Crippen LogP contribution in [-0.4, -0.2) is 28.0 Å². The number of hydrogen-bond acceptors (Lipinski definition) is 5. The highest BCUT2D eigenvalue weighted by Crippen LogP contribution is 2.27. The molecule has 0 spiro atoms. The molecule has 0 bridgehead atoms. The molecule has 6 heteroatoms. The molecular weight excluding hydrogens is 558 g/mol. The van der Waals surface area contributed by atoms with E-state index in [4.69, 9.17) is 0 Å². The number of nitrogens with zero attached hydrogens (tertiary/aromatic N) is 2. The van der Waals surface area contributed by atoms with Gasteiger partial charge >= 0.3 is 0 Å². The summed E-state index contributed by atoms with van der Waals surface area (Å²) < 4.78 is 0. The Hall–Kier alpha value is -4.78. The molecule has 45 heavy (non-hydrogen) atoms. The van der Waals surface area contributed by atoms with Crippen LogP contribution >= 0.6 is 0 Å². The molecule has 0 aliphatic rings. The Morgan fingerprint density at radius 1 is 0.733 bits per heavy atom. The maximum absolute atomic E-state index is 12.0. The quantitative estimate of drug-likeness (QED) is 0.0984. The van der Waals surface area contributed by atoms with Gasteiger partial charge in [0.05, 0.1) is 11.0 Å². The number of nitro benzene ring substituents is 1. The van der Waals surface area contributed by atoms with Gasteiger partial charge in [-0.3, -0.25) is 15.0 Å². The van der Waals surface area contributed by atoms with Gasteiger partial charge in [0.25, 0.3) is 5.69 Å². The normalized spacial score (nSPS) is 11.4. The van der Waals surface area contributed by atoms with Crippen molar-refractivity contribution in [2.75, 3.05) is 18.4 Å². The second-order valence-electron chi connectivity index (χ2n) is 10.8. The number of benzene rings is 5. The first-order chi connectivity index (χ1) is 22.0. The second kappa shape index (κ2) is 17.5. The minimum absolute atomic E-state index is 0.0379. The topological polar surface area (TPSA) is 78.6 Å². The number of nitro groups is 1. The van der Waals surface area contributed by atoms with Gasteiger partial charge in [-0.25, -0.2) is 0 Å². The average Bonchev–Trinajstić information content (AvgIpc) is 3.09. The van der Waals surface area contributed by atoms with E-state index in [2.05, 4.69) is 58.7 Å². The summed E-state index contributed by atoms with van der Waals surface area (Å²) >= 11 is 0. The van der Waals surface area contributed by atoms with Gasteiger partial charge in [0.2, 0.25) is 0 Å². The third kappa shape index (κ3) is 10.4. The van der Waals surface area contributed by atoms with Crippen molar-refractivity contribution in [1.29, 1.82) is 0 Å². The van der Waals surface area contributed by atoms with E-state index in [0.29, 0.717) is 30.6 Å². The number of rotatable bonds is 14. The van der Waals surface area contributed by atoms with Gasteiger partial charge in [-0.05, 0) is 46.4 Å². The Bertz CT molecular complexity index is 1580. The first kappa shape index (κ1) is 33.1. The lowest BCUT2D eigenvalue weighted by atomic mass is 9.99. The molecule has 0 aromatic heterocycles. The molecular formula is C39H43N3O3. The van der Waals surface area contributed by atoms with Crippen molar-refractivity contribution in [2.24, 2.45) is 0 Å². The molecule has 2 N–H and O–H groups in total. The van der Waals surface area contributed by atoms with Crippen molar-refractivity contribution >= 4 is 11.4 Å². The van der Waals surface area contributed by atoms with Crippen LogP contribution in [0.15, 0.2) is 133 Å². The number of aliphatic hydroxyl groups excluding tert-OH is 1. The summed E-state index contributed by atoms with van der Waals surface area (Å²) in [4.78, 5) is 13.8. The summed E-state index contributed by atoms with van der Waals surface area (Å²) in [5.41, 5.74) is 6.90. The van der Waals surface area contributed by atoms with Gasteiger partial charge < -0.3 is 10.4 Å². The fourth-order valence-corrected chi connectivity index (χ4v) is 5.23. The standard InChI is InChI=1S/C37H37N3O3.C2H6/c41-37(34-19-18-33(36(25-34)40(42)43)24-30-10-4-1-5-11-30)28-39(27-32-14-8-3-9-15-32)23-22-29-16-20-35(21-17-29)38-26-31-12-6-2-7-13-31;1-2/h1-21,25,37-38,41H,22-24,26-28H2;1-2H3. The highest BCUT2D eigenvalue weighted by atomic mass is 16.6. The van der Waals surface area contributed by atoms with E-state index >= 15 is 0 Å². The monoisotopic (exact) mass is 601 g/mol. The summed E-state index contributed by atoms with van der Waals surface area (Å²) in [5.74, 6) is 0. The van der Waals surface area contributed by atoms with Crippen LogP contribution < -0.4 is 5.32 Å². The Labute approximate surface area is 267 Å². The fraction of sp³-hybridized carbons (Fsp3) is 0.231. The number of aliphatic hydroxyl groups is 1. The van der Waals surface area contributed by atoms with Crippen molar-refractivity contribution in [1.82, 2.24) is 4.90 Å². The molecule has 0 amide bonds. The molecule has 5 aromatic rings. The molecule has 232 valence electrons. The molecule has 1 atom stereocenters. The zero-order chi connectivity index (χ0) is 31.9. The average molecular weight is 602 g/mol. The van der Waals surface area contributed by atoms with Crippen LogP contribution in [0.4, 0.5) is 11.4 Å². The minimum Gasteiger partial charge on any atom is -0.387 e. The highest BCUT2D eigenvalue weighted by Gasteiger charge is 2.20. The van der Waals surface area contributed by atoms with Crippen molar-refractivity contribution in [2.45, 2.75) is 45.9 Å². The van der Waals surface area contributed by atoms with Crippen molar-refractivity contribution in [3.63, 3.8) is 0 Å². The second-order valence-corrected chi connectivity index (χ2v) is 10.8. The molecule has 0 saturated heterocycles. The largest absolute Gasteiger partial charge is 0.387 e. The predicted octanol–water partition coefficient (Wildman–Crippen LogP) is 8.60. The van der Waals surface area contributed by atoms with Crippen LogP contribution in [0, 0.1) is 10.1 Å². The summed E-state index contributed by atoms with van der Waals surface area (Å²) in [6.45, 7) is 6.54. The summed E-state index contributed by atoms with van der Waals surface area (Å²) in [6, 6.07) is 43.8. The van der Waals surface area contributed by atoms with Crippen LogP contribution in [0.3, 0.4) is 0 Å². The van der Waals surface area contributed by atoms with E-state index in [0.717, 1.165) is 36.3 Å². The molecule has 5 aromatic carbocycles. The maximum atomic E-state index is 12.0. The molecule has 0 fully saturated rings. The smallest absolute Gasteiger partial charge is 0.273 e. The van der Waals surface area contributed by atoms with Gasteiger partial charge in [-0.15, -0.1) is 0 Å². The number of anilines is 1. The van der Waals surface area contributed by atoms with Gasteiger partial charge in [0, 0.05) is 49.9 Å². The SMILES string of the molecule is CC.O=[N+]([O-])c1cc(C(O)CN(CCc2ccc(NCc3ccccc3)cc2)Cc2ccccc2)ccc1Cc1ccccc1. The van der Waals surface area contributed by atoms with Crippen molar-refractivity contribution in [3.05, 3.63) is 177 Å². The van der Waals surface area contributed by atoms with Crippen LogP contribution in [-0.2, 0) is 25.9 Å². The molecule has 6 nitrogen and oxygen atoms in total. The van der Waals surface area contributed by atoms with Crippen LogP contribution in [0.5, 0.6) is 0 Å². The van der Waals surface area contributed by atoms with E-state index < -0.39 is 6.10 Å². The Balaban J connectivity index is 0.00000226. The van der Waals surface area contributed by atoms with E-state index in [1.165, 1.54) is 17.2 Å². The van der Waals surface area contributed by atoms with Gasteiger partial charge in [0.1, 0.15) is 0 Å². The van der Waals surface area contributed by atoms with Crippen LogP contribution in [0.2, 0.25) is 0 Å². The Morgan fingerprint density at radius 2 is 1.31 bits per heavy atom. The summed E-state index contributed by atoms with van der Waals surface area (Å²) in [7, 11) is 0. The number of hydrogen-bond donors (Lipinski definition) is 2. The fourth-order valence-electron chi connectivity index (χ4n) is 5.23. The van der Waals surface area contributed by atoms with Gasteiger partial charge in [0.15, 0.2) is 0 Å². The summed E-state index contributed by atoms with van der Waals surface area (Å²) in [5, 5.41) is 26.7. The number of nitrogens with one attached hydrogen (secondary N) is 1. The highest BCUT2D eigenvalue weighted by molar-refractivity contribution is 5.47. The summed E-state index contributed by atoms with van der Waals surface area (Å²) in [6.07, 6.45) is 0.417. The Kier molecular flexibility index (Phi) is 12.9. The Morgan fingerprint density at radius 3 is 1.91 bits per heavy atom. The molecule has 0 aliphatic heterocycles. The third-order valence-corrected chi connectivity index (χ3v) is 7.62. The molecule has 1 unspecified atom stereocenters. The van der Waals surface area contributed by atoms with Gasteiger partial charge in [-0.2, -0.15) is 0 Å². The molecule has 0 saturated carbocycles. The lowest BCUT2D eigenvalue weighted by Gasteiger charge is -2.26. The molecule has 0 aliphatic carbocycles. The van der Waals surface area contributed by atoms with E-state index in [-0.39, 0.29) is 10.6 Å². The lowest BCUT2D eigenvalue weighted by molar-refractivity contribution is -0.385. The lowest BCUT2D eigenvalue weighted by Crippen LogP contribution is -2.30. The zero-order valence-electron chi connectivity index (χ0n) is 26.2. The zero-order valence-corrected chi connectivity index (χ0v) is 26.2. The predicted molar refractivity (Wildman–Crippen MR) is 184 cm³/mol. The van der Waals surface area contributed by atoms with E-state index in [9.17, 15) is 15.2 Å². The first-order valence-corrected chi connectivity index (χ1v) is 15.7.